The van der Waals surface area contributed by atoms with Gasteiger partial charge in [0.2, 0.25) is 0 Å². The van der Waals surface area contributed by atoms with E-state index in [9.17, 15) is 4.79 Å². The first-order valence-electron chi connectivity index (χ1n) is 8.62. The van der Waals surface area contributed by atoms with Crippen LogP contribution in [0, 0.1) is 6.92 Å². The average molecular weight is 342 g/mol. The molecule has 0 amide bonds. The number of carbonyl (C=O) groups is 1. The Labute approximate surface area is 149 Å². The van der Waals surface area contributed by atoms with Gasteiger partial charge in [-0.15, -0.1) is 0 Å². The van der Waals surface area contributed by atoms with Crippen molar-refractivity contribution in [3.63, 3.8) is 0 Å². The molecule has 4 heteroatoms. The number of carboxylic acids is 1. The van der Waals surface area contributed by atoms with Gasteiger partial charge in [0.05, 0.1) is 19.1 Å². The Morgan fingerprint density at radius 3 is 2.44 bits per heavy atom. The van der Waals surface area contributed by atoms with Gasteiger partial charge in [0.1, 0.15) is 11.5 Å². The maximum Gasteiger partial charge on any atom is 0.303 e. The Hall–Kier alpha value is -2.49. The highest BCUT2D eigenvalue weighted by molar-refractivity contribution is 5.67. The Bertz CT molecular complexity index is 679. The molecule has 0 saturated heterocycles. The third-order valence-electron chi connectivity index (χ3n) is 4.05. The van der Waals surface area contributed by atoms with Crippen molar-refractivity contribution in [2.24, 2.45) is 0 Å². The van der Waals surface area contributed by atoms with Crippen LogP contribution in [-0.4, -0.2) is 23.8 Å². The molecule has 0 aliphatic rings. The van der Waals surface area contributed by atoms with E-state index in [1.807, 2.05) is 69.3 Å². The first-order chi connectivity index (χ1) is 11.9. The van der Waals surface area contributed by atoms with Crippen LogP contribution in [0.25, 0.3) is 0 Å². The summed E-state index contributed by atoms with van der Waals surface area (Å²) < 4.78 is 11.6. The number of aliphatic carboxylic acids is 1. The van der Waals surface area contributed by atoms with E-state index in [2.05, 4.69) is 0 Å². The van der Waals surface area contributed by atoms with Crippen LogP contribution in [-0.2, 0) is 4.79 Å². The van der Waals surface area contributed by atoms with Crippen LogP contribution in [0.4, 0.5) is 0 Å². The number of ether oxygens (including phenoxy) is 2. The molecule has 2 atom stereocenters. The minimum Gasteiger partial charge on any atom is -0.493 e. The second-order valence-corrected chi connectivity index (χ2v) is 6.45. The third-order valence-corrected chi connectivity index (χ3v) is 4.05. The molecule has 0 fully saturated rings. The molecule has 0 saturated carbocycles. The predicted molar refractivity (Wildman–Crippen MR) is 98.5 cm³/mol. The number of rotatable bonds is 9. The van der Waals surface area contributed by atoms with Crippen molar-refractivity contribution in [1.82, 2.24) is 0 Å². The summed E-state index contributed by atoms with van der Waals surface area (Å²) in [6, 6.07) is 15.6. The molecule has 2 aromatic carbocycles. The molecule has 0 bridgehead atoms. The van der Waals surface area contributed by atoms with Crippen molar-refractivity contribution in [3.8, 4) is 11.5 Å². The summed E-state index contributed by atoms with van der Waals surface area (Å²) >= 11 is 0. The largest absolute Gasteiger partial charge is 0.493 e. The Balaban J connectivity index is 1.76. The molecule has 0 aliphatic heterocycles. The fourth-order valence-electron chi connectivity index (χ4n) is 2.59. The Kier molecular flexibility index (Phi) is 6.87. The van der Waals surface area contributed by atoms with Crippen LogP contribution >= 0.6 is 0 Å². The minimum absolute atomic E-state index is 0.00528. The van der Waals surface area contributed by atoms with E-state index in [1.54, 1.807) is 0 Å². The van der Waals surface area contributed by atoms with Crippen LogP contribution in [0.5, 0.6) is 11.5 Å². The molecule has 0 spiro atoms. The molecule has 134 valence electrons. The van der Waals surface area contributed by atoms with Crippen molar-refractivity contribution < 1.29 is 19.4 Å². The smallest absolute Gasteiger partial charge is 0.303 e. The van der Waals surface area contributed by atoms with Crippen LogP contribution < -0.4 is 9.47 Å². The van der Waals surface area contributed by atoms with Crippen LogP contribution in [0.3, 0.4) is 0 Å². The normalized spacial score (nSPS) is 13.1. The Morgan fingerprint density at radius 1 is 1.08 bits per heavy atom. The fraction of sp³-hybridized carbons (Fsp3) is 0.381. The van der Waals surface area contributed by atoms with Crippen molar-refractivity contribution in [1.29, 1.82) is 0 Å². The van der Waals surface area contributed by atoms with E-state index >= 15 is 0 Å². The molecule has 2 rings (SSSR count). The van der Waals surface area contributed by atoms with Gasteiger partial charge in [-0.05, 0) is 55.2 Å². The molecular weight excluding hydrogens is 316 g/mol. The lowest BCUT2D eigenvalue weighted by molar-refractivity contribution is -0.137. The lowest BCUT2D eigenvalue weighted by Gasteiger charge is -2.16. The fourth-order valence-corrected chi connectivity index (χ4v) is 2.59. The summed E-state index contributed by atoms with van der Waals surface area (Å²) in [7, 11) is 0. The lowest BCUT2D eigenvalue weighted by Crippen LogP contribution is -2.15. The number of hydrogen-bond donors (Lipinski definition) is 1. The molecule has 25 heavy (non-hydrogen) atoms. The van der Waals surface area contributed by atoms with Crippen LogP contribution in [0.15, 0.2) is 48.5 Å². The van der Waals surface area contributed by atoms with Crippen LogP contribution in [0.1, 0.15) is 43.7 Å². The van der Waals surface area contributed by atoms with Gasteiger partial charge in [0.15, 0.2) is 0 Å². The summed E-state index contributed by atoms with van der Waals surface area (Å²) in [5.41, 5.74) is 2.18. The molecule has 0 heterocycles. The van der Waals surface area contributed by atoms with Gasteiger partial charge in [-0.3, -0.25) is 4.79 Å². The molecule has 2 aromatic rings. The van der Waals surface area contributed by atoms with Crippen molar-refractivity contribution in [2.45, 2.75) is 45.6 Å². The van der Waals surface area contributed by atoms with Gasteiger partial charge in [-0.1, -0.05) is 31.2 Å². The van der Waals surface area contributed by atoms with Gasteiger partial charge in [0, 0.05) is 6.42 Å². The van der Waals surface area contributed by atoms with Crippen molar-refractivity contribution >= 4 is 5.97 Å². The molecule has 0 aromatic heterocycles. The molecule has 0 aliphatic carbocycles. The zero-order chi connectivity index (χ0) is 18.2. The molecule has 2 unspecified atom stereocenters. The molecular formula is C21H26O4. The number of hydrogen-bond acceptors (Lipinski definition) is 3. The summed E-state index contributed by atoms with van der Waals surface area (Å²) in [5, 5.41) is 8.85. The second kappa shape index (κ2) is 9.11. The molecule has 0 radical (unpaired) electrons. The second-order valence-electron chi connectivity index (χ2n) is 6.45. The Morgan fingerprint density at radius 2 is 1.80 bits per heavy atom. The van der Waals surface area contributed by atoms with E-state index in [1.165, 1.54) is 5.56 Å². The standard InChI is InChI=1S/C21H26O4/c1-15-5-4-6-20(13-15)25-17(3)11-12-24-19-9-7-18(8-10-19)16(2)14-21(22)23/h4-10,13,16-17H,11-12,14H2,1-3H3,(H,22,23). The topological polar surface area (TPSA) is 55.8 Å². The summed E-state index contributed by atoms with van der Waals surface area (Å²) in [5.74, 6) is 0.878. The van der Waals surface area contributed by atoms with E-state index in [-0.39, 0.29) is 18.4 Å². The predicted octanol–water partition coefficient (Wildman–Crippen LogP) is 4.81. The zero-order valence-corrected chi connectivity index (χ0v) is 15.1. The monoisotopic (exact) mass is 342 g/mol. The average Bonchev–Trinajstić information content (AvgIpc) is 2.55. The molecule has 1 N–H and O–H groups in total. The number of aryl methyl sites for hydroxylation is 1. The SMILES string of the molecule is Cc1cccc(OC(C)CCOc2ccc(C(C)CC(=O)O)cc2)c1. The maximum atomic E-state index is 10.8. The first kappa shape index (κ1) is 18.8. The van der Waals surface area contributed by atoms with Gasteiger partial charge in [0.25, 0.3) is 0 Å². The van der Waals surface area contributed by atoms with Gasteiger partial charge >= 0.3 is 5.97 Å². The third kappa shape index (κ3) is 6.49. The first-order valence-corrected chi connectivity index (χ1v) is 8.62. The molecule has 4 nitrogen and oxygen atoms in total. The minimum atomic E-state index is -0.782. The quantitative estimate of drug-likeness (QED) is 0.710. The number of carboxylic acid groups (broad SMARTS) is 1. The highest BCUT2D eigenvalue weighted by Gasteiger charge is 2.10. The van der Waals surface area contributed by atoms with E-state index < -0.39 is 5.97 Å². The van der Waals surface area contributed by atoms with E-state index in [4.69, 9.17) is 14.6 Å². The van der Waals surface area contributed by atoms with E-state index in [0.29, 0.717) is 6.61 Å². The van der Waals surface area contributed by atoms with Crippen LogP contribution in [0.2, 0.25) is 0 Å². The summed E-state index contributed by atoms with van der Waals surface area (Å²) in [6.07, 6.45) is 0.982. The van der Waals surface area contributed by atoms with Crippen molar-refractivity contribution in [2.75, 3.05) is 6.61 Å². The van der Waals surface area contributed by atoms with E-state index in [0.717, 1.165) is 23.5 Å². The summed E-state index contributed by atoms with van der Waals surface area (Å²) in [6.45, 7) is 6.55. The highest BCUT2D eigenvalue weighted by atomic mass is 16.5. The maximum absolute atomic E-state index is 10.8. The van der Waals surface area contributed by atoms with Gasteiger partial charge in [-0.25, -0.2) is 0 Å². The lowest BCUT2D eigenvalue weighted by atomic mass is 9.98. The summed E-state index contributed by atoms with van der Waals surface area (Å²) in [4.78, 5) is 10.8. The highest BCUT2D eigenvalue weighted by Crippen LogP contribution is 2.22. The number of benzene rings is 2. The van der Waals surface area contributed by atoms with Gasteiger partial charge < -0.3 is 14.6 Å². The van der Waals surface area contributed by atoms with Crippen molar-refractivity contribution in [3.05, 3.63) is 59.7 Å². The van der Waals surface area contributed by atoms with Gasteiger partial charge in [-0.2, -0.15) is 0 Å². The zero-order valence-electron chi connectivity index (χ0n) is 15.1.